The van der Waals surface area contributed by atoms with Crippen LogP contribution in [0.2, 0.25) is 0 Å². The minimum Gasteiger partial charge on any atom is -0.437 e. The number of hydrogen-bond donors (Lipinski definition) is 0. The Morgan fingerprint density at radius 2 is 1.73 bits per heavy atom. The van der Waals surface area contributed by atoms with Crippen LogP contribution in [0.5, 0.6) is 11.6 Å². The van der Waals surface area contributed by atoms with Crippen molar-refractivity contribution in [2.75, 3.05) is 13.1 Å². The number of fused-ring (bicyclic) bond motifs is 1. The van der Waals surface area contributed by atoms with Gasteiger partial charge in [0.25, 0.3) is 0 Å². The second-order valence-electron chi connectivity index (χ2n) is 6.23. The predicted octanol–water partition coefficient (Wildman–Crippen LogP) is 3.60. The smallest absolute Gasteiger partial charge is 0.244 e. The van der Waals surface area contributed by atoms with Crippen LogP contribution >= 0.6 is 0 Å². The molecule has 4 rings (SSSR count). The minimum atomic E-state index is -3.48. The molecule has 1 fully saturated rings. The van der Waals surface area contributed by atoms with Crippen molar-refractivity contribution in [1.82, 2.24) is 14.3 Å². The zero-order chi connectivity index (χ0) is 18.0. The number of ether oxygens (including phenoxy) is 1. The highest BCUT2D eigenvalue weighted by molar-refractivity contribution is 7.89. The molecule has 134 valence electrons. The normalized spacial score (nSPS) is 15.8. The molecule has 3 heterocycles. The monoisotopic (exact) mass is 369 g/mol. The Balaban J connectivity index is 1.58. The third-order valence-electron chi connectivity index (χ3n) is 4.47. The number of benzene rings is 1. The number of nitrogens with zero attached hydrogens (tertiary/aromatic N) is 3. The summed E-state index contributed by atoms with van der Waals surface area (Å²) in [4.78, 5) is 8.72. The number of pyridine rings is 2. The van der Waals surface area contributed by atoms with Crippen molar-refractivity contribution >= 4 is 20.9 Å². The summed E-state index contributed by atoms with van der Waals surface area (Å²) in [6.07, 6.45) is 5.95. The number of aromatic nitrogens is 2. The maximum atomic E-state index is 12.7. The van der Waals surface area contributed by atoms with Gasteiger partial charge in [-0.05, 0) is 31.0 Å². The van der Waals surface area contributed by atoms with Crippen LogP contribution in [-0.4, -0.2) is 35.8 Å². The molecular weight excluding hydrogens is 350 g/mol. The molecule has 0 atom stereocenters. The van der Waals surface area contributed by atoms with E-state index in [1.807, 2.05) is 30.3 Å². The highest BCUT2D eigenvalue weighted by atomic mass is 32.2. The molecule has 1 aromatic carbocycles. The molecule has 0 radical (unpaired) electrons. The fourth-order valence-electron chi connectivity index (χ4n) is 3.11. The van der Waals surface area contributed by atoms with E-state index in [0.29, 0.717) is 24.7 Å². The largest absolute Gasteiger partial charge is 0.437 e. The number of para-hydroxylation sites is 1. The first kappa shape index (κ1) is 16.9. The van der Waals surface area contributed by atoms with E-state index >= 15 is 0 Å². The van der Waals surface area contributed by atoms with Gasteiger partial charge in [-0.2, -0.15) is 4.31 Å². The molecule has 1 saturated heterocycles. The summed E-state index contributed by atoms with van der Waals surface area (Å²) in [5.41, 5.74) is 0.738. The van der Waals surface area contributed by atoms with Crippen LogP contribution in [0.1, 0.15) is 19.3 Å². The van der Waals surface area contributed by atoms with Gasteiger partial charge in [0.2, 0.25) is 15.9 Å². The number of piperidine rings is 1. The number of rotatable bonds is 4. The zero-order valence-electron chi connectivity index (χ0n) is 14.2. The van der Waals surface area contributed by atoms with Gasteiger partial charge in [0, 0.05) is 30.7 Å². The first-order valence-electron chi connectivity index (χ1n) is 8.62. The third-order valence-corrected chi connectivity index (χ3v) is 6.35. The van der Waals surface area contributed by atoms with Gasteiger partial charge in [-0.25, -0.2) is 13.4 Å². The molecule has 1 aliphatic heterocycles. The van der Waals surface area contributed by atoms with E-state index in [4.69, 9.17) is 4.74 Å². The molecule has 7 heteroatoms. The molecule has 2 aromatic heterocycles. The molecule has 0 N–H and O–H groups in total. The van der Waals surface area contributed by atoms with Gasteiger partial charge in [0.05, 0.1) is 6.20 Å². The fraction of sp³-hybridized carbons (Fsp3) is 0.263. The van der Waals surface area contributed by atoms with E-state index < -0.39 is 10.0 Å². The first-order valence-corrected chi connectivity index (χ1v) is 10.1. The number of sulfonamides is 1. The van der Waals surface area contributed by atoms with Crippen LogP contribution in [0.25, 0.3) is 10.9 Å². The second-order valence-corrected chi connectivity index (χ2v) is 8.17. The summed E-state index contributed by atoms with van der Waals surface area (Å²) >= 11 is 0. The van der Waals surface area contributed by atoms with Gasteiger partial charge >= 0.3 is 0 Å². The van der Waals surface area contributed by atoms with Crippen molar-refractivity contribution in [2.45, 2.75) is 24.2 Å². The maximum absolute atomic E-state index is 12.7. The SMILES string of the molecule is O=S(=O)(c1ccc(Oc2cccc3cccnc23)nc1)N1CCCCC1. The van der Waals surface area contributed by atoms with Gasteiger partial charge in [-0.3, -0.25) is 4.98 Å². The lowest BCUT2D eigenvalue weighted by molar-refractivity contribution is 0.346. The third kappa shape index (κ3) is 3.27. The van der Waals surface area contributed by atoms with E-state index in [1.165, 1.54) is 10.5 Å². The molecule has 0 unspecified atom stereocenters. The van der Waals surface area contributed by atoms with E-state index in [1.54, 1.807) is 18.3 Å². The average molecular weight is 369 g/mol. The number of hydrogen-bond acceptors (Lipinski definition) is 5. The topological polar surface area (TPSA) is 72.4 Å². The quantitative estimate of drug-likeness (QED) is 0.703. The van der Waals surface area contributed by atoms with Gasteiger partial charge in [0.15, 0.2) is 5.75 Å². The van der Waals surface area contributed by atoms with Gasteiger partial charge in [-0.1, -0.05) is 24.6 Å². The molecule has 0 saturated carbocycles. The van der Waals surface area contributed by atoms with Crippen molar-refractivity contribution in [3.8, 4) is 11.6 Å². The Bertz CT molecular complexity index is 1010. The lowest BCUT2D eigenvalue weighted by Crippen LogP contribution is -2.35. The van der Waals surface area contributed by atoms with E-state index in [0.717, 1.165) is 30.2 Å². The first-order chi connectivity index (χ1) is 12.6. The van der Waals surface area contributed by atoms with Gasteiger partial charge in [0.1, 0.15) is 10.4 Å². The average Bonchev–Trinajstić information content (AvgIpc) is 2.69. The lowest BCUT2D eigenvalue weighted by atomic mass is 10.2. The molecule has 26 heavy (non-hydrogen) atoms. The summed E-state index contributed by atoms with van der Waals surface area (Å²) < 4.78 is 32.7. The van der Waals surface area contributed by atoms with Crippen LogP contribution in [0, 0.1) is 0 Å². The van der Waals surface area contributed by atoms with Crippen LogP contribution in [0.4, 0.5) is 0 Å². The summed E-state index contributed by atoms with van der Waals surface area (Å²) in [5.74, 6) is 0.919. The van der Waals surface area contributed by atoms with Gasteiger partial charge < -0.3 is 4.74 Å². The molecule has 0 bridgehead atoms. The van der Waals surface area contributed by atoms with Crippen molar-refractivity contribution in [1.29, 1.82) is 0 Å². The van der Waals surface area contributed by atoms with Crippen molar-refractivity contribution in [2.24, 2.45) is 0 Å². The molecule has 0 aliphatic carbocycles. The Labute approximate surface area is 152 Å². The van der Waals surface area contributed by atoms with Crippen LogP contribution < -0.4 is 4.74 Å². The maximum Gasteiger partial charge on any atom is 0.244 e. The Hall–Kier alpha value is -2.51. The standard InChI is InChI=1S/C19H19N3O3S/c23-26(24,22-12-2-1-3-13-22)16-9-10-18(21-14-16)25-17-8-4-6-15-7-5-11-20-19(15)17/h4-11,14H,1-3,12-13H2. The summed E-state index contributed by atoms with van der Waals surface area (Å²) in [7, 11) is -3.48. The van der Waals surface area contributed by atoms with E-state index in [9.17, 15) is 8.42 Å². The Morgan fingerprint density at radius 1 is 0.923 bits per heavy atom. The van der Waals surface area contributed by atoms with Crippen LogP contribution in [0.3, 0.4) is 0 Å². The minimum absolute atomic E-state index is 0.197. The fourth-order valence-corrected chi connectivity index (χ4v) is 4.57. The van der Waals surface area contributed by atoms with E-state index in [-0.39, 0.29) is 4.90 Å². The molecule has 3 aromatic rings. The second kappa shape index (κ2) is 7.01. The Kier molecular flexibility index (Phi) is 4.57. The molecule has 0 amide bonds. The summed E-state index contributed by atoms with van der Waals surface area (Å²) in [5, 5.41) is 0.967. The summed E-state index contributed by atoms with van der Waals surface area (Å²) in [6, 6.07) is 12.6. The highest BCUT2D eigenvalue weighted by Crippen LogP contribution is 2.28. The van der Waals surface area contributed by atoms with Crippen molar-refractivity contribution < 1.29 is 13.2 Å². The molecule has 0 spiro atoms. The molecular formula is C19H19N3O3S. The lowest BCUT2D eigenvalue weighted by Gasteiger charge is -2.25. The highest BCUT2D eigenvalue weighted by Gasteiger charge is 2.26. The van der Waals surface area contributed by atoms with Gasteiger partial charge in [-0.15, -0.1) is 0 Å². The molecule has 6 nitrogen and oxygen atoms in total. The van der Waals surface area contributed by atoms with Crippen molar-refractivity contribution in [3.05, 3.63) is 54.9 Å². The van der Waals surface area contributed by atoms with E-state index in [2.05, 4.69) is 9.97 Å². The molecule has 1 aliphatic rings. The van der Waals surface area contributed by atoms with Crippen LogP contribution in [-0.2, 0) is 10.0 Å². The zero-order valence-corrected chi connectivity index (χ0v) is 15.0. The van der Waals surface area contributed by atoms with Crippen molar-refractivity contribution in [3.63, 3.8) is 0 Å². The summed E-state index contributed by atoms with van der Waals surface area (Å²) in [6.45, 7) is 1.14. The Morgan fingerprint density at radius 3 is 2.50 bits per heavy atom. The van der Waals surface area contributed by atoms with Crippen LogP contribution in [0.15, 0.2) is 59.8 Å². The predicted molar refractivity (Wildman–Crippen MR) is 98.7 cm³/mol.